The maximum absolute atomic E-state index is 11.8. The van der Waals surface area contributed by atoms with Crippen LogP contribution in [0.2, 0.25) is 0 Å². The van der Waals surface area contributed by atoms with Gasteiger partial charge in [-0.05, 0) is 19.9 Å². The van der Waals surface area contributed by atoms with E-state index in [4.69, 9.17) is 0 Å². The first kappa shape index (κ1) is 10.0. The molecular weight excluding hydrogens is 192 g/mol. The fourth-order valence-corrected chi connectivity index (χ4v) is 1.69. The molecule has 1 atom stereocenters. The zero-order chi connectivity index (χ0) is 10.7. The van der Waals surface area contributed by atoms with Crippen molar-refractivity contribution < 1.29 is 4.79 Å². The first-order valence-electron chi connectivity index (χ1n) is 4.98. The van der Waals surface area contributed by atoms with Crippen LogP contribution in [0.4, 0.5) is 0 Å². The minimum absolute atomic E-state index is 0.109. The molecule has 80 valence electrons. The van der Waals surface area contributed by atoms with Crippen LogP contribution in [0.15, 0.2) is 18.7 Å². The van der Waals surface area contributed by atoms with E-state index < -0.39 is 0 Å². The van der Waals surface area contributed by atoms with Gasteiger partial charge in [0.05, 0.1) is 11.1 Å². The number of hydrogen-bond donors (Lipinski definition) is 2. The Labute approximate surface area is 88.3 Å². The first-order chi connectivity index (χ1) is 7.20. The quantitative estimate of drug-likeness (QED) is 0.712. The highest BCUT2D eigenvalue weighted by molar-refractivity contribution is 5.94. The molecule has 2 heterocycles. The van der Waals surface area contributed by atoms with Crippen molar-refractivity contribution in [1.82, 2.24) is 20.6 Å². The van der Waals surface area contributed by atoms with E-state index >= 15 is 0 Å². The third kappa shape index (κ3) is 2.30. The number of nitrogens with zero attached hydrogens (tertiary/aromatic N) is 2. The molecule has 2 N–H and O–H groups in total. The molecule has 1 fully saturated rings. The van der Waals surface area contributed by atoms with Gasteiger partial charge in [0, 0.05) is 18.9 Å². The molecular formula is C10H14N4O. The van der Waals surface area contributed by atoms with E-state index in [9.17, 15) is 4.79 Å². The molecule has 0 aromatic carbocycles. The SMILES string of the molecule is CC1(NC(=O)c2cncnc2)CCNC1. The van der Waals surface area contributed by atoms with Crippen LogP contribution in [0.3, 0.4) is 0 Å². The number of aromatic nitrogens is 2. The molecule has 2 rings (SSSR count). The summed E-state index contributed by atoms with van der Waals surface area (Å²) < 4.78 is 0. The zero-order valence-corrected chi connectivity index (χ0v) is 8.66. The van der Waals surface area contributed by atoms with E-state index in [1.165, 1.54) is 18.7 Å². The Balaban J connectivity index is 2.04. The van der Waals surface area contributed by atoms with Gasteiger partial charge in [0.15, 0.2) is 0 Å². The summed E-state index contributed by atoms with van der Waals surface area (Å²) in [6, 6.07) is 0. The molecule has 1 saturated heterocycles. The van der Waals surface area contributed by atoms with Gasteiger partial charge >= 0.3 is 0 Å². The second-order valence-electron chi connectivity index (χ2n) is 4.07. The Kier molecular flexibility index (Phi) is 2.64. The van der Waals surface area contributed by atoms with Crippen LogP contribution in [-0.2, 0) is 0 Å². The molecule has 5 nitrogen and oxygen atoms in total. The van der Waals surface area contributed by atoms with Gasteiger partial charge in [-0.3, -0.25) is 4.79 Å². The van der Waals surface area contributed by atoms with Crippen molar-refractivity contribution in [3.8, 4) is 0 Å². The van der Waals surface area contributed by atoms with Crippen LogP contribution in [0, 0.1) is 0 Å². The summed E-state index contributed by atoms with van der Waals surface area (Å²) >= 11 is 0. The average Bonchev–Trinajstić information content (AvgIpc) is 2.66. The van der Waals surface area contributed by atoms with Gasteiger partial charge in [-0.25, -0.2) is 9.97 Å². The van der Waals surface area contributed by atoms with Crippen LogP contribution in [0.1, 0.15) is 23.7 Å². The summed E-state index contributed by atoms with van der Waals surface area (Å²) in [6.45, 7) is 3.79. The maximum atomic E-state index is 11.8. The second kappa shape index (κ2) is 3.94. The van der Waals surface area contributed by atoms with Gasteiger partial charge in [0.25, 0.3) is 5.91 Å². The summed E-state index contributed by atoms with van der Waals surface area (Å²) in [4.78, 5) is 19.4. The van der Waals surface area contributed by atoms with E-state index in [0.29, 0.717) is 5.56 Å². The fraction of sp³-hybridized carbons (Fsp3) is 0.500. The smallest absolute Gasteiger partial charge is 0.254 e. The molecule has 1 aliphatic heterocycles. The van der Waals surface area contributed by atoms with Gasteiger partial charge < -0.3 is 10.6 Å². The van der Waals surface area contributed by atoms with Crippen LogP contribution < -0.4 is 10.6 Å². The standard InChI is InChI=1S/C10H14N4O/c1-10(2-3-11-6-10)14-9(15)8-4-12-7-13-5-8/h4-5,7,11H,2-3,6H2,1H3,(H,14,15). The van der Waals surface area contributed by atoms with Gasteiger partial charge in [-0.2, -0.15) is 0 Å². The van der Waals surface area contributed by atoms with Crippen molar-refractivity contribution >= 4 is 5.91 Å². The van der Waals surface area contributed by atoms with Gasteiger partial charge in [-0.1, -0.05) is 0 Å². The Morgan fingerprint density at radius 2 is 2.27 bits per heavy atom. The number of carbonyl (C=O) groups is 1. The summed E-state index contributed by atoms with van der Waals surface area (Å²) in [5.74, 6) is -0.109. The third-order valence-electron chi connectivity index (χ3n) is 2.61. The van der Waals surface area contributed by atoms with Gasteiger partial charge in [-0.15, -0.1) is 0 Å². The molecule has 0 aliphatic carbocycles. The number of carbonyl (C=O) groups excluding carboxylic acids is 1. The molecule has 1 aromatic rings. The molecule has 0 bridgehead atoms. The van der Waals surface area contributed by atoms with E-state index in [1.54, 1.807) is 0 Å². The zero-order valence-electron chi connectivity index (χ0n) is 8.66. The van der Waals surface area contributed by atoms with Crippen molar-refractivity contribution in [3.05, 3.63) is 24.3 Å². The Hall–Kier alpha value is -1.49. The topological polar surface area (TPSA) is 66.9 Å². The second-order valence-corrected chi connectivity index (χ2v) is 4.07. The molecule has 15 heavy (non-hydrogen) atoms. The monoisotopic (exact) mass is 206 g/mol. The van der Waals surface area contributed by atoms with Crippen LogP contribution in [0.25, 0.3) is 0 Å². The largest absolute Gasteiger partial charge is 0.345 e. The lowest BCUT2D eigenvalue weighted by Crippen LogP contribution is -2.47. The van der Waals surface area contributed by atoms with Crippen molar-refractivity contribution in [3.63, 3.8) is 0 Å². The number of hydrogen-bond acceptors (Lipinski definition) is 4. The predicted octanol–water partition coefficient (Wildman–Crippen LogP) is -0.0416. The van der Waals surface area contributed by atoms with Crippen molar-refractivity contribution in [2.24, 2.45) is 0 Å². The Morgan fingerprint density at radius 1 is 1.53 bits per heavy atom. The van der Waals surface area contributed by atoms with Crippen molar-refractivity contribution in [2.75, 3.05) is 13.1 Å². The molecule has 1 aliphatic rings. The highest BCUT2D eigenvalue weighted by Gasteiger charge is 2.30. The minimum Gasteiger partial charge on any atom is -0.345 e. The first-order valence-corrected chi connectivity index (χ1v) is 4.98. The van der Waals surface area contributed by atoms with Gasteiger partial charge in [0.1, 0.15) is 6.33 Å². The van der Waals surface area contributed by atoms with E-state index in [1.807, 2.05) is 6.92 Å². The molecule has 5 heteroatoms. The average molecular weight is 206 g/mol. The summed E-state index contributed by atoms with van der Waals surface area (Å²) in [5, 5.41) is 6.21. The van der Waals surface area contributed by atoms with Gasteiger partial charge in [0.2, 0.25) is 0 Å². The van der Waals surface area contributed by atoms with E-state index in [2.05, 4.69) is 20.6 Å². The number of amides is 1. The fourth-order valence-electron chi connectivity index (χ4n) is 1.69. The molecule has 0 radical (unpaired) electrons. The normalized spacial score (nSPS) is 25.1. The minimum atomic E-state index is -0.146. The molecule has 1 aromatic heterocycles. The summed E-state index contributed by atoms with van der Waals surface area (Å²) in [5.41, 5.74) is 0.359. The summed E-state index contributed by atoms with van der Waals surface area (Å²) in [6.07, 6.45) is 5.41. The highest BCUT2D eigenvalue weighted by atomic mass is 16.1. The molecule has 1 unspecified atom stereocenters. The van der Waals surface area contributed by atoms with Crippen molar-refractivity contribution in [1.29, 1.82) is 0 Å². The third-order valence-corrected chi connectivity index (χ3v) is 2.61. The van der Waals surface area contributed by atoms with E-state index in [-0.39, 0.29) is 11.4 Å². The number of nitrogens with one attached hydrogen (secondary N) is 2. The Bertz CT molecular complexity index is 346. The Morgan fingerprint density at radius 3 is 2.87 bits per heavy atom. The van der Waals surface area contributed by atoms with Crippen molar-refractivity contribution in [2.45, 2.75) is 18.9 Å². The summed E-state index contributed by atoms with van der Waals surface area (Å²) in [7, 11) is 0. The van der Waals surface area contributed by atoms with Crippen LogP contribution >= 0.6 is 0 Å². The van der Waals surface area contributed by atoms with Crippen LogP contribution in [-0.4, -0.2) is 34.5 Å². The highest BCUT2D eigenvalue weighted by Crippen LogP contribution is 2.13. The molecule has 0 spiro atoms. The predicted molar refractivity (Wildman–Crippen MR) is 55.4 cm³/mol. The van der Waals surface area contributed by atoms with E-state index in [0.717, 1.165) is 19.5 Å². The maximum Gasteiger partial charge on any atom is 0.254 e. The molecule has 1 amide bonds. The number of rotatable bonds is 2. The van der Waals surface area contributed by atoms with Crippen LogP contribution in [0.5, 0.6) is 0 Å². The lowest BCUT2D eigenvalue weighted by molar-refractivity contribution is 0.0912. The lowest BCUT2D eigenvalue weighted by atomic mass is 10.0. The lowest BCUT2D eigenvalue weighted by Gasteiger charge is -2.24. The molecule has 0 saturated carbocycles.